The predicted molar refractivity (Wildman–Crippen MR) is 96.3 cm³/mol. The van der Waals surface area contributed by atoms with E-state index in [9.17, 15) is 0 Å². The summed E-state index contributed by atoms with van der Waals surface area (Å²) in [6, 6.07) is 2.33. The first-order chi connectivity index (χ1) is 9.23. The average molecular weight is 299 g/mol. The Kier molecular flexibility index (Phi) is 9.69. The maximum atomic E-state index is 2.68. The summed E-state index contributed by atoms with van der Waals surface area (Å²) >= 11 is 0. The van der Waals surface area contributed by atoms with Crippen LogP contribution in [0, 0.1) is 0 Å². The van der Waals surface area contributed by atoms with Gasteiger partial charge in [0.2, 0.25) is 0 Å². The van der Waals surface area contributed by atoms with Gasteiger partial charge in [-0.05, 0) is 68.2 Å². The third kappa shape index (κ3) is 6.11. The molecule has 0 heterocycles. The fourth-order valence-electron chi connectivity index (χ4n) is 3.43. The lowest BCUT2D eigenvalue weighted by atomic mass is 10.1. The highest BCUT2D eigenvalue weighted by molar-refractivity contribution is 6.16. The Hall–Kier alpha value is -0.123. The number of nitrogens with zero attached hydrogens (tertiary/aromatic N) is 2. The van der Waals surface area contributed by atoms with Crippen LogP contribution in [-0.2, 0) is 0 Å². The second-order valence-corrected chi connectivity index (χ2v) is 7.56. The van der Waals surface area contributed by atoms with Crippen molar-refractivity contribution in [2.24, 2.45) is 0 Å². The maximum absolute atomic E-state index is 2.68. The second kappa shape index (κ2) is 9.75. The Morgan fingerprint density at radius 3 is 1.35 bits per heavy atom. The molecule has 0 bridgehead atoms. The van der Waals surface area contributed by atoms with Crippen LogP contribution in [0.1, 0.15) is 68.2 Å². The lowest BCUT2D eigenvalue weighted by molar-refractivity contribution is -0.0387. The molecule has 0 amide bonds. The highest BCUT2D eigenvalue weighted by atomic mass is 28.1. The highest BCUT2D eigenvalue weighted by Gasteiger charge is 2.31. The van der Waals surface area contributed by atoms with Gasteiger partial charge in [0.1, 0.15) is 0 Å². The van der Waals surface area contributed by atoms with Crippen molar-refractivity contribution in [1.29, 1.82) is 0 Å². The lowest BCUT2D eigenvalue weighted by Crippen LogP contribution is -2.57. The molecule has 0 radical (unpaired) electrons. The highest BCUT2D eigenvalue weighted by Crippen LogP contribution is 2.23. The van der Waals surface area contributed by atoms with Crippen LogP contribution >= 0.6 is 0 Å². The van der Waals surface area contributed by atoms with E-state index in [1.807, 2.05) is 0 Å². The number of hydrogen-bond acceptors (Lipinski definition) is 2. The summed E-state index contributed by atoms with van der Waals surface area (Å²) in [6.07, 6.45) is 5.32. The van der Waals surface area contributed by atoms with E-state index in [1.54, 1.807) is 0 Å². The fraction of sp³-hybridized carbons (Fsp3) is 0.882. The summed E-state index contributed by atoms with van der Waals surface area (Å²) in [5.74, 6) is 0. The zero-order valence-corrected chi connectivity index (χ0v) is 17.4. The molecule has 0 aromatic carbocycles. The van der Waals surface area contributed by atoms with Crippen LogP contribution in [0.15, 0.2) is 11.8 Å². The summed E-state index contributed by atoms with van der Waals surface area (Å²) in [6.45, 7) is 18.6. The molecule has 3 heteroatoms. The molecule has 2 nitrogen and oxygen atoms in total. The smallest absolute Gasteiger partial charge is 0.0634 e. The van der Waals surface area contributed by atoms with Gasteiger partial charge in [-0.2, -0.15) is 0 Å². The molecule has 0 saturated carbocycles. The van der Waals surface area contributed by atoms with E-state index >= 15 is 0 Å². The summed E-state index contributed by atoms with van der Waals surface area (Å²) in [5.41, 5.74) is 2.31. The molecule has 0 aliphatic heterocycles. The third-order valence-corrected chi connectivity index (χ3v) is 4.37. The largest absolute Gasteiger partial charge is 0.283 e. The van der Waals surface area contributed by atoms with E-state index in [2.05, 4.69) is 77.0 Å². The van der Waals surface area contributed by atoms with E-state index < -0.39 is 0 Å². The quantitative estimate of drug-likeness (QED) is 0.476. The summed E-state index contributed by atoms with van der Waals surface area (Å²) in [5, 5.41) is 0. The molecule has 0 aromatic heterocycles. The van der Waals surface area contributed by atoms with Crippen molar-refractivity contribution < 1.29 is 0 Å². The number of rotatable bonds is 9. The number of allylic oxidation sites excluding steroid dienone is 1. The summed E-state index contributed by atoms with van der Waals surface area (Å²) < 4.78 is 0. The van der Waals surface area contributed by atoms with Gasteiger partial charge in [0.15, 0.2) is 0 Å². The molecule has 0 saturated heterocycles. The zero-order valence-electron chi connectivity index (χ0n) is 15.4. The van der Waals surface area contributed by atoms with Gasteiger partial charge < -0.3 is 0 Å². The van der Waals surface area contributed by atoms with Crippen molar-refractivity contribution in [2.75, 3.05) is 0 Å². The fourth-order valence-corrected chi connectivity index (χ4v) is 3.77. The number of hydrogen-bond donors (Lipinski definition) is 0. The molecule has 0 aliphatic rings. The first-order valence-electron chi connectivity index (χ1n) is 8.40. The van der Waals surface area contributed by atoms with Crippen LogP contribution in [0.5, 0.6) is 0 Å². The second-order valence-electron chi connectivity index (χ2n) is 6.90. The van der Waals surface area contributed by atoms with Crippen LogP contribution in [0.4, 0.5) is 0 Å². The lowest BCUT2D eigenvalue weighted by Gasteiger charge is -2.47. The van der Waals surface area contributed by atoms with E-state index in [0.29, 0.717) is 30.3 Å². The third-order valence-electron chi connectivity index (χ3n) is 3.90. The molecule has 0 rings (SSSR count). The molecule has 0 spiro atoms. The molecule has 120 valence electrons. The SMILES string of the molecule is CC(C)N(C(C)C)C(CCC=C[SiH3])N(C(C)C)C(C)C. The van der Waals surface area contributed by atoms with E-state index in [-0.39, 0.29) is 0 Å². The van der Waals surface area contributed by atoms with E-state index in [4.69, 9.17) is 0 Å². The first-order valence-corrected chi connectivity index (χ1v) is 9.55. The van der Waals surface area contributed by atoms with Crippen molar-refractivity contribution >= 4 is 10.2 Å². The molecular formula is C17H38N2Si. The van der Waals surface area contributed by atoms with Crippen LogP contribution in [0.25, 0.3) is 0 Å². The maximum Gasteiger partial charge on any atom is 0.0634 e. The molecule has 0 N–H and O–H groups in total. The van der Waals surface area contributed by atoms with Crippen LogP contribution in [-0.4, -0.2) is 50.4 Å². The molecule has 0 aromatic rings. The minimum Gasteiger partial charge on any atom is -0.283 e. The van der Waals surface area contributed by atoms with Crippen molar-refractivity contribution in [3.05, 3.63) is 11.8 Å². The van der Waals surface area contributed by atoms with Crippen LogP contribution in [0.3, 0.4) is 0 Å². The predicted octanol–water partition coefficient (Wildman–Crippen LogP) is 3.21. The Morgan fingerprint density at radius 2 is 1.10 bits per heavy atom. The molecule has 0 aliphatic carbocycles. The Morgan fingerprint density at radius 1 is 0.750 bits per heavy atom. The summed E-state index contributed by atoms with van der Waals surface area (Å²) in [7, 11) is 1.17. The molecule has 20 heavy (non-hydrogen) atoms. The zero-order chi connectivity index (χ0) is 15.9. The monoisotopic (exact) mass is 298 g/mol. The minimum absolute atomic E-state index is 0.535. The molecule has 0 atom stereocenters. The average Bonchev–Trinajstić information content (AvgIpc) is 2.26. The Balaban J connectivity index is 5.30. The normalized spacial score (nSPS) is 13.8. The van der Waals surface area contributed by atoms with Gasteiger partial charge in [-0.1, -0.05) is 6.08 Å². The van der Waals surface area contributed by atoms with Crippen molar-refractivity contribution in [3.8, 4) is 0 Å². The topological polar surface area (TPSA) is 6.48 Å². The van der Waals surface area contributed by atoms with Crippen molar-refractivity contribution in [1.82, 2.24) is 9.80 Å². The summed E-state index contributed by atoms with van der Waals surface area (Å²) in [4.78, 5) is 5.36. The van der Waals surface area contributed by atoms with E-state index in [0.717, 1.165) is 0 Å². The molecule has 0 unspecified atom stereocenters. The van der Waals surface area contributed by atoms with Crippen LogP contribution < -0.4 is 0 Å². The van der Waals surface area contributed by atoms with Gasteiger partial charge in [-0.3, -0.25) is 9.80 Å². The van der Waals surface area contributed by atoms with Crippen molar-refractivity contribution in [3.63, 3.8) is 0 Å². The standard InChI is InChI=1S/C17H38N2Si/c1-13(2)18(14(3)4)17(11-9-10-12-20)19(15(5)6)16(7)8/h10,12-17H,9,11H2,1-8,20H3. The van der Waals surface area contributed by atoms with Gasteiger partial charge in [-0.25, -0.2) is 0 Å². The van der Waals surface area contributed by atoms with Gasteiger partial charge in [0, 0.05) is 34.4 Å². The molecular weight excluding hydrogens is 260 g/mol. The van der Waals surface area contributed by atoms with Gasteiger partial charge in [0.25, 0.3) is 0 Å². The Labute approximate surface area is 131 Å². The molecule has 0 fully saturated rings. The van der Waals surface area contributed by atoms with Gasteiger partial charge in [0.05, 0.1) is 6.17 Å². The first kappa shape index (κ1) is 19.9. The van der Waals surface area contributed by atoms with Crippen molar-refractivity contribution in [2.45, 2.75) is 98.6 Å². The Bertz CT molecular complexity index is 236. The van der Waals surface area contributed by atoms with Crippen LogP contribution in [0.2, 0.25) is 0 Å². The van der Waals surface area contributed by atoms with E-state index in [1.165, 1.54) is 23.1 Å². The van der Waals surface area contributed by atoms with Gasteiger partial charge >= 0.3 is 0 Å². The minimum atomic E-state index is 0.535. The van der Waals surface area contributed by atoms with Gasteiger partial charge in [-0.15, -0.1) is 5.70 Å².